The first-order chi connectivity index (χ1) is 12.2. The summed E-state index contributed by atoms with van der Waals surface area (Å²) in [6, 6.07) is 16.3. The van der Waals surface area contributed by atoms with Gasteiger partial charge in [0.25, 0.3) is 0 Å². The largest absolute Gasteiger partial charge is 0.339 e. The van der Waals surface area contributed by atoms with E-state index in [9.17, 15) is 4.79 Å². The van der Waals surface area contributed by atoms with E-state index in [1.54, 1.807) is 0 Å². The Balaban J connectivity index is 1.44. The van der Waals surface area contributed by atoms with Gasteiger partial charge in [-0.2, -0.15) is 0 Å². The topological polar surface area (TPSA) is 36.4 Å². The van der Waals surface area contributed by atoms with Crippen LogP contribution in [0, 0.1) is 0 Å². The van der Waals surface area contributed by atoms with Gasteiger partial charge < -0.3 is 4.90 Å². The van der Waals surface area contributed by atoms with E-state index < -0.39 is 0 Å². The fourth-order valence-corrected chi connectivity index (χ4v) is 4.41. The Morgan fingerprint density at radius 2 is 1.80 bits per heavy atom. The summed E-state index contributed by atoms with van der Waals surface area (Å²) in [5.41, 5.74) is 2.31. The third-order valence-electron chi connectivity index (χ3n) is 6.02. The van der Waals surface area contributed by atoms with Gasteiger partial charge in [-0.05, 0) is 37.0 Å². The number of likely N-dealkylation sites (tertiary alicyclic amines) is 2. The minimum atomic E-state index is 0.0218. The van der Waals surface area contributed by atoms with E-state index in [0.29, 0.717) is 0 Å². The fraction of sp³-hybridized carbons (Fsp3) is 0.429. The molecule has 2 saturated heterocycles. The molecule has 2 aliphatic heterocycles. The van der Waals surface area contributed by atoms with Crippen molar-refractivity contribution in [2.75, 3.05) is 20.1 Å². The zero-order chi connectivity index (χ0) is 17.3. The zero-order valence-electron chi connectivity index (χ0n) is 14.8. The van der Waals surface area contributed by atoms with E-state index in [4.69, 9.17) is 0 Å². The van der Waals surface area contributed by atoms with Gasteiger partial charge in [-0.1, -0.05) is 36.4 Å². The van der Waals surface area contributed by atoms with Gasteiger partial charge in [-0.3, -0.25) is 14.7 Å². The Labute approximate surface area is 149 Å². The smallest absolute Gasteiger partial charge is 0.230 e. The molecule has 1 aromatic carbocycles. The molecule has 0 radical (unpaired) electrons. The molecule has 2 aromatic rings. The molecule has 1 aromatic heterocycles. The van der Waals surface area contributed by atoms with Crippen molar-refractivity contribution in [3.8, 4) is 0 Å². The second-order valence-electron chi connectivity index (χ2n) is 7.39. The summed E-state index contributed by atoms with van der Waals surface area (Å²) >= 11 is 0. The highest BCUT2D eigenvalue weighted by atomic mass is 16.2. The van der Waals surface area contributed by atoms with Gasteiger partial charge in [-0.25, -0.2) is 0 Å². The number of amides is 1. The number of hydrogen-bond donors (Lipinski definition) is 0. The number of carbonyl (C=O) groups is 1. The van der Waals surface area contributed by atoms with Gasteiger partial charge in [0.2, 0.25) is 5.91 Å². The zero-order valence-corrected chi connectivity index (χ0v) is 14.8. The molecule has 130 valence electrons. The SMILES string of the molecule is CN1C(=O)[C@H](c2ccccc2)CC12CCN(Cc1ccccn1)CC2. The van der Waals surface area contributed by atoms with Gasteiger partial charge in [0.1, 0.15) is 0 Å². The van der Waals surface area contributed by atoms with Gasteiger partial charge in [0.15, 0.2) is 0 Å². The maximum Gasteiger partial charge on any atom is 0.230 e. The molecule has 1 atom stereocenters. The molecule has 0 bridgehead atoms. The van der Waals surface area contributed by atoms with Gasteiger partial charge >= 0.3 is 0 Å². The Bertz CT molecular complexity index is 723. The van der Waals surface area contributed by atoms with Crippen molar-refractivity contribution in [3.63, 3.8) is 0 Å². The number of pyridine rings is 1. The molecule has 0 saturated carbocycles. The fourth-order valence-electron chi connectivity index (χ4n) is 4.41. The molecule has 1 amide bonds. The minimum Gasteiger partial charge on any atom is -0.339 e. The second kappa shape index (κ2) is 6.60. The van der Waals surface area contributed by atoms with Gasteiger partial charge in [0.05, 0.1) is 11.6 Å². The van der Waals surface area contributed by atoms with Gasteiger partial charge in [0, 0.05) is 38.4 Å². The van der Waals surface area contributed by atoms with Crippen molar-refractivity contribution in [2.45, 2.75) is 37.3 Å². The summed E-state index contributed by atoms with van der Waals surface area (Å²) in [7, 11) is 2.00. The molecular weight excluding hydrogens is 310 g/mol. The average Bonchev–Trinajstić information content (AvgIpc) is 2.91. The highest BCUT2D eigenvalue weighted by molar-refractivity contribution is 5.87. The van der Waals surface area contributed by atoms with E-state index in [1.807, 2.05) is 48.5 Å². The molecular formula is C21H25N3O. The van der Waals surface area contributed by atoms with Crippen LogP contribution in [-0.4, -0.2) is 46.4 Å². The lowest BCUT2D eigenvalue weighted by Gasteiger charge is -2.43. The first kappa shape index (κ1) is 16.3. The third kappa shape index (κ3) is 3.07. The first-order valence-electron chi connectivity index (χ1n) is 9.13. The van der Waals surface area contributed by atoms with Crippen molar-refractivity contribution < 1.29 is 4.79 Å². The van der Waals surface area contributed by atoms with Crippen LogP contribution in [0.15, 0.2) is 54.7 Å². The number of hydrogen-bond acceptors (Lipinski definition) is 3. The van der Waals surface area contributed by atoms with E-state index in [-0.39, 0.29) is 17.4 Å². The molecule has 0 aliphatic carbocycles. The average molecular weight is 335 g/mol. The van der Waals surface area contributed by atoms with E-state index in [1.165, 1.54) is 0 Å². The molecule has 1 spiro atoms. The standard InChI is InChI=1S/C21H25N3O/c1-23-20(25)19(17-7-3-2-4-8-17)15-21(23)10-13-24(14-11-21)16-18-9-5-6-12-22-18/h2-9,12,19H,10-11,13-16H2,1H3/t19-/m0/s1. The van der Waals surface area contributed by atoms with Crippen LogP contribution in [0.3, 0.4) is 0 Å². The van der Waals surface area contributed by atoms with Crippen LogP contribution in [0.5, 0.6) is 0 Å². The molecule has 2 fully saturated rings. The quantitative estimate of drug-likeness (QED) is 0.865. The lowest BCUT2D eigenvalue weighted by Crippen LogP contribution is -2.51. The Morgan fingerprint density at radius 3 is 2.48 bits per heavy atom. The number of likely N-dealkylation sites (N-methyl/N-ethyl adjacent to an activating group) is 1. The molecule has 4 rings (SSSR count). The van der Waals surface area contributed by atoms with Gasteiger partial charge in [-0.15, -0.1) is 0 Å². The molecule has 3 heterocycles. The number of piperidine rings is 1. The van der Waals surface area contributed by atoms with Crippen molar-refractivity contribution >= 4 is 5.91 Å². The molecule has 2 aliphatic rings. The minimum absolute atomic E-state index is 0.0218. The van der Waals surface area contributed by atoms with Crippen molar-refractivity contribution in [1.82, 2.24) is 14.8 Å². The maximum absolute atomic E-state index is 12.9. The lowest BCUT2D eigenvalue weighted by molar-refractivity contribution is -0.131. The summed E-state index contributed by atoms with van der Waals surface area (Å²) in [5, 5.41) is 0. The van der Waals surface area contributed by atoms with Crippen LogP contribution >= 0.6 is 0 Å². The first-order valence-corrected chi connectivity index (χ1v) is 9.13. The molecule has 0 unspecified atom stereocenters. The number of benzene rings is 1. The molecule has 0 N–H and O–H groups in total. The summed E-state index contributed by atoms with van der Waals surface area (Å²) in [5.74, 6) is 0.304. The highest BCUT2D eigenvalue weighted by Gasteiger charge is 2.50. The summed E-state index contributed by atoms with van der Waals surface area (Å²) in [6.45, 7) is 2.95. The highest BCUT2D eigenvalue weighted by Crippen LogP contribution is 2.44. The molecule has 4 nitrogen and oxygen atoms in total. The van der Waals surface area contributed by atoms with E-state index in [2.05, 4.69) is 28.1 Å². The third-order valence-corrected chi connectivity index (χ3v) is 6.02. The Hall–Kier alpha value is -2.20. The van der Waals surface area contributed by atoms with Crippen molar-refractivity contribution in [3.05, 3.63) is 66.0 Å². The van der Waals surface area contributed by atoms with Crippen molar-refractivity contribution in [1.29, 1.82) is 0 Å². The second-order valence-corrected chi connectivity index (χ2v) is 7.39. The maximum atomic E-state index is 12.9. The van der Waals surface area contributed by atoms with E-state index >= 15 is 0 Å². The van der Waals surface area contributed by atoms with Crippen LogP contribution < -0.4 is 0 Å². The number of nitrogens with zero attached hydrogens (tertiary/aromatic N) is 3. The summed E-state index contributed by atoms with van der Waals surface area (Å²) in [4.78, 5) is 21.8. The van der Waals surface area contributed by atoms with Crippen LogP contribution in [0.4, 0.5) is 0 Å². The van der Waals surface area contributed by atoms with E-state index in [0.717, 1.165) is 50.2 Å². The number of carbonyl (C=O) groups excluding carboxylic acids is 1. The normalized spacial score (nSPS) is 23.3. The number of rotatable bonds is 3. The Morgan fingerprint density at radius 1 is 1.08 bits per heavy atom. The summed E-state index contributed by atoms with van der Waals surface area (Å²) < 4.78 is 0. The van der Waals surface area contributed by atoms with Crippen LogP contribution in [0.2, 0.25) is 0 Å². The lowest BCUT2D eigenvalue weighted by atomic mass is 9.81. The monoisotopic (exact) mass is 335 g/mol. The molecule has 25 heavy (non-hydrogen) atoms. The number of aromatic nitrogens is 1. The predicted octanol–water partition coefficient (Wildman–Crippen LogP) is 3.06. The summed E-state index contributed by atoms with van der Waals surface area (Å²) in [6.07, 6.45) is 4.90. The Kier molecular flexibility index (Phi) is 4.30. The van der Waals surface area contributed by atoms with Crippen molar-refractivity contribution in [2.24, 2.45) is 0 Å². The van der Waals surface area contributed by atoms with Crippen LogP contribution in [0.25, 0.3) is 0 Å². The van der Waals surface area contributed by atoms with Crippen LogP contribution in [0.1, 0.15) is 36.4 Å². The molecule has 4 heteroatoms. The van der Waals surface area contributed by atoms with Crippen LogP contribution in [-0.2, 0) is 11.3 Å². The predicted molar refractivity (Wildman–Crippen MR) is 98.0 cm³/mol.